The molecule has 0 aliphatic heterocycles. The molecule has 0 saturated carbocycles. The van der Waals surface area contributed by atoms with Crippen molar-refractivity contribution in [2.45, 2.75) is 6.54 Å². The van der Waals surface area contributed by atoms with E-state index >= 15 is 0 Å². The van der Waals surface area contributed by atoms with E-state index < -0.39 is 0 Å². The van der Waals surface area contributed by atoms with E-state index in [4.69, 9.17) is 10.5 Å². The number of methoxy groups -OCH3 is 1. The third kappa shape index (κ3) is 2.11. The predicted molar refractivity (Wildman–Crippen MR) is 81.7 cm³/mol. The first-order chi connectivity index (χ1) is 9.33. The molecule has 0 amide bonds. The summed E-state index contributed by atoms with van der Waals surface area (Å²) >= 11 is 1.79. The first-order valence-corrected chi connectivity index (χ1v) is 7.00. The highest BCUT2D eigenvalue weighted by atomic mass is 32.1. The molecule has 2 aromatic carbocycles. The molecule has 0 fully saturated rings. The summed E-state index contributed by atoms with van der Waals surface area (Å²) < 4.78 is 6.49. The molecule has 0 bridgehead atoms. The Morgan fingerprint density at radius 3 is 2.47 bits per heavy atom. The predicted octanol–water partition coefficient (Wildman–Crippen LogP) is 4.04. The van der Waals surface area contributed by atoms with E-state index in [9.17, 15) is 0 Å². The van der Waals surface area contributed by atoms with Crippen LogP contribution >= 0.6 is 11.3 Å². The fourth-order valence-corrected chi connectivity index (χ4v) is 3.52. The molecule has 3 heteroatoms. The molecule has 1 aromatic heterocycles. The average Bonchev–Trinajstić information content (AvgIpc) is 2.85. The Morgan fingerprint density at radius 1 is 1.05 bits per heavy atom. The summed E-state index contributed by atoms with van der Waals surface area (Å²) in [4.78, 5) is 1.26. The van der Waals surface area contributed by atoms with E-state index in [2.05, 4.69) is 36.4 Å². The summed E-state index contributed by atoms with van der Waals surface area (Å²) in [6.07, 6.45) is 0. The van der Waals surface area contributed by atoms with Gasteiger partial charge in [0.1, 0.15) is 5.75 Å². The van der Waals surface area contributed by atoms with Crippen LogP contribution in [0.1, 0.15) is 5.56 Å². The maximum absolute atomic E-state index is 5.94. The number of rotatable bonds is 3. The Kier molecular flexibility index (Phi) is 3.23. The number of hydrogen-bond acceptors (Lipinski definition) is 3. The lowest BCUT2D eigenvalue weighted by Crippen LogP contribution is -1.96. The van der Waals surface area contributed by atoms with E-state index in [1.165, 1.54) is 26.1 Å². The molecule has 2 nitrogen and oxygen atoms in total. The molecule has 0 unspecified atom stereocenters. The Hall–Kier alpha value is -1.84. The summed E-state index contributed by atoms with van der Waals surface area (Å²) in [6.45, 7) is 0.561. The van der Waals surface area contributed by atoms with E-state index in [0.29, 0.717) is 6.54 Å². The zero-order chi connectivity index (χ0) is 13.2. The van der Waals surface area contributed by atoms with Gasteiger partial charge in [-0.15, -0.1) is 11.3 Å². The van der Waals surface area contributed by atoms with Crippen molar-refractivity contribution in [2.24, 2.45) is 5.73 Å². The molecule has 2 N–H and O–H groups in total. The second-order valence-electron chi connectivity index (χ2n) is 4.34. The first-order valence-electron chi connectivity index (χ1n) is 6.18. The first kappa shape index (κ1) is 12.2. The van der Waals surface area contributed by atoms with Crippen LogP contribution in [0.15, 0.2) is 48.5 Å². The van der Waals surface area contributed by atoms with Crippen LogP contribution in [0.2, 0.25) is 0 Å². The monoisotopic (exact) mass is 269 g/mol. The van der Waals surface area contributed by atoms with Crippen molar-refractivity contribution in [1.82, 2.24) is 0 Å². The average molecular weight is 269 g/mol. The molecular formula is C16H15NOS. The minimum absolute atomic E-state index is 0.561. The number of benzene rings is 2. The Labute approximate surface area is 116 Å². The largest absolute Gasteiger partial charge is 0.497 e. The zero-order valence-corrected chi connectivity index (χ0v) is 11.5. The lowest BCUT2D eigenvalue weighted by molar-refractivity contribution is 0.415. The molecule has 19 heavy (non-hydrogen) atoms. The Balaban J connectivity index is 2.17. The van der Waals surface area contributed by atoms with E-state index in [0.717, 1.165) is 5.75 Å². The molecule has 3 aromatic rings. The van der Waals surface area contributed by atoms with Crippen LogP contribution in [0.25, 0.3) is 20.5 Å². The maximum Gasteiger partial charge on any atom is 0.118 e. The highest BCUT2D eigenvalue weighted by Gasteiger charge is 2.12. The van der Waals surface area contributed by atoms with Crippen molar-refractivity contribution in [3.63, 3.8) is 0 Å². The van der Waals surface area contributed by atoms with Crippen molar-refractivity contribution in [1.29, 1.82) is 0 Å². The van der Waals surface area contributed by atoms with Crippen LogP contribution in [0, 0.1) is 0 Å². The summed E-state index contributed by atoms with van der Waals surface area (Å²) in [5, 5.41) is 1.26. The third-order valence-electron chi connectivity index (χ3n) is 3.25. The van der Waals surface area contributed by atoms with Gasteiger partial charge in [0.2, 0.25) is 0 Å². The van der Waals surface area contributed by atoms with Gasteiger partial charge in [-0.05, 0) is 46.8 Å². The van der Waals surface area contributed by atoms with Gasteiger partial charge in [-0.2, -0.15) is 0 Å². The smallest absolute Gasteiger partial charge is 0.118 e. The van der Waals surface area contributed by atoms with Gasteiger partial charge in [-0.3, -0.25) is 0 Å². The molecular weight excluding hydrogens is 254 g/mol. The van der Waals surface area contributed by atoms with E-state index in [1.807, 2.05) is 12.1 Å². The molecule has 3 rings (SSSR count). The van der Waals surface area contributed by atoms with Gasteiger partial charge in [0, 0.05) is 16.1 Å². The number of nitrogens with two attached hydrogens (primary N) is 1. The standard InChI is InChI=1S/C16H15NOS/c1-18-12-8-6-11(7-9-12)16-14(10-17)13-4-2-3-5-15(13)19-16/h2-9H,10,17H2,1H3. The van der Waals surface area contributed by atoms with Crippen LogP contribution in [0.4, 0.5) is 0 Å². The number of fused-ring (bicyclic) bond motifs is 1. The molecule has 0 aliphatic carbocycles. The highest BCUT2D eigenvalue weighted by Crippen LogP contribution is 2.38. The molecule has 0 aliphatic rings. The third-order valence-corrected chi connectivity index (χ3v) is 4.52. The summed E-state index contributed by atoms with van der Waals surface area (Å²) in [7, 11) is 1.68. The molecule has 0 atom stereocenters. The second kappa shape index (κ2) is 5.03. The lowest BCUT2D eigenvalue weighted by Gasteiger charge is -2.04. The van der Waals surface area contributed by atoms with E-state index in [1.54, 1.807) is 18.4 Å². The van der Waals surface area contributed by atoms with Crippen molar-refractivity contribution >= 4 is 21.4 Å². The van der Waals surface area contributed by atoms with Crippen LogP contribution in [0.3, 0.4) is 0 Å². The van der Waals surface area contributed by atoms with Gasteiger partial charge in [0.05, 0.1) is 7.11 Å². The van der Waals surface area contributed by atoms with Gasteiger partial charge in [-0.1, -0.05) is 18.2 Å². The molecule has 1 heterocycles. The zero-order valence-electron chi connectivity index (χ0n) is 10.7. The molecule has 96 valence electrons. The SMILES string of the molecule is COc1ccc(-c2sc3ccccc3c2CN)cc1. The summed E-state index contributed by atoms with van der Waals surface area (Å²) in [5.74, 6) is 0.874. The van der Waals surface area contributed by atoms with Crippen molar-refractivity contribution in [3.05, 3.63) is 54.1 Å². The summed E-state index contributed by atoms with van der Waals surface area (Å²) in [5.41, 5.74) is 8.36. The fraction of sp³-hybridized carbons (Fsp3) is 0.125. The normalized spacial score (nSPS) is 10.8. The van der Waals surface area contributed by atoms with Crippen molar-refractivity contribution in [3.8, 4) is 16.2 Å². The van der Waals surface area contributed by atoms with Crippen molar-refractivity contribution < 1.29 is 4.74 Å². The molecule has 0 radical (unpaired) electrons. The fourth-order valence-electron chi connectivity index (χ4n) is 2.28. The topological polar surface area (TPSA) is 35.2 Å². The van der Waals surface area contributed by atoms with Crippen molar-refractivity contribution in [2.75, 3.05) is 7.11 Å². The van der Waals surface area contributed by atoms with Crippen LogP contribution in [0.5, 0.6) is 5.75 Å². The minimum Gasteiger partial charge on any atom is -0.497 e. The van der Waals surface area contributed by atoms with Crippen LogP contribution < -0.4 is 10.5 Å². The van der Waals surface area contributed by atoms with Gasteiger partial charge in [-0.25, -0.2) is 0 Å². The number of hydrogen-bond donors (Lipinski definition) is 1. The van der Waals surface area contributed by atoms with Crippen LogP contribution in [-0.4, -0.2) is 7.11 Å². The highest BCUT2D eigenvalue weighted by molar-refractivity contribution is 7.22. The molecule has 0 spiro atoms. The minimum atomic E-state index is 0.561. The molecule has 0 saturated heterocycles. The van der Waals surface area contributed by atoms with Gasteiger partial charge in [0.15, 0.2) is 0 Å². The lowest BCUT2D eigenvalue weighted by atomic mass is 10.1. The number of ether oxygens (including phenoxy) is 1. The summed E-state index contributed by atoms with van der Waals surface area (Å²) in [6, 6.07) is 16.6. The Morgan fingerprint density at radius 2 is 1.79 bits per heavy atom. The number of thiophene rings is 1. The Bertz CT molecular complexity index is 700. The maximum atomic E-state index is 5.94. The second-order valence-corrected chi connectivity index (χ2v) is 5.39. The van der Waals surface area contributed by atoms with Gasteiger partial charge < -0.3 is 10.5 Å². The van der Waals surface area contributed by atoms with E-state index in [-0.39, 0.29) is 0 Å². The van der Waals surface area contributed by atoms with Gasteiger partial charge >= 0.3 is 0 Å². The van der Waals surface area contributed by atoms with Crippen LogP contribution in [-0.2, 0) is 6.54 Å². The van der Waals surface area contributed by atoms with Gasteiger partial charge in [0.25, 0.3) is 0 Å². The quantitative estimate of drug-likeness (QED) is 0.779.